The molecule has 0 spiro atoms. The van der Waals surface area contributed by atoms with Crippen molar-refractivity contribution in [3.8, 4) is 0 Å². The van der Waals surface area contributed by atoms with Crippen molar-refractivity contribution >= 4 is 0 Å². The fourth-order valence-corrected chi connectivity index (χ4v) is 3.29. The van der Waals surface area contributed by atoms with Gasteiger partial charge in [-0.05, 0) is 43.4 Å². The fourth-order valence-electron chi connectivity index (χ4n) is 3.29. The SMILES string of the molecule is Cc1ccnc(CN(CCCO)[C@H]2CCc3ccccc32)n1. The first-order valence-electron chi connectivity index (χ1n) is 7.99. The smallest absolute Gasteiger partial charge is 0.142 e. The lowest BCUT2D eigenvalue weighted by Gasteiger charge is -2.29. The minimum atomic E-state index is 0.222. The van der Waals surface area contributed by atoms with E-state index in [1.807, 2.05) is 19.2 Å². The molecule has 1 atom stereocenters. The zero-order valence-corrected chi connectivity index (χ0v) is 13.1. The third-order valence-electron chi connectivity index (χ3n) is 4.33. The van der Waals surface area contributed by atoms with Gasteiger partial charge in [-0.3, -0.25) is 4.90 Å². The van der Waals surface area contributed by atoms with Gasteiger partial charge < -0.3 is 5.11 Å². The molecule has 1 aliphatic carbocycles. The van der Waals surface area contributed by atoms with Crippen LogP contribution >= 0.6 is 0 Å². The van der Waals surface area contributed by atoms with Crippen LogP contribution in [0.25, 0.3) is 0 Å². The van der Waals surface area contributed by atoms with Crippen molar-refractivity contribution < 1.29 is 5.11 Å². The summed E-state index contributed by atoms with van der Waals surface area (Å²) in [5, 5.41) is 9.21. The van der Waals surface area contributed by atoms with Crippen LogP contribution in [0.4, 0.5) is 0 Å². The van der Waals surface area contributed by atoms with E-state index < -0.39 is 0 Å². The molecule has 22 heavy (non-hydrogen) atoms. The first-order chi connectivity index (χ1) is 10.8. The molecule has 4 nitrogen and oxygen atoms in total. The minimum Gasteiger partial charge on any atom is -0.396 e. The van der Waals surface area contributed by atoms with E-state index in [0.29, 0.717) is 6.04 Å². The molecule has 1 heterocycles. The van der Waals surface area contributed by atoms with Crippen molar-refractivity contribution in [3.63, 3.8) is 0 Å². The summed E-state index contributed by atoms with van der Waals surface area (Å²) < 4.78 is 0. The van der Waals surface area contributed by atoms with E-state index in [2.05, 4.69) is 39.1 Å². The van der Waals surface area contributed by atoms with E-state index in [1.165, 1.54) is 11.1 Å². The first-order valence-corrected chi connectivity index (χ1v) is 7.99. The maximum absolute atomic E-state index is 9.21. The van der Waals surface area contributed by atoms with Gasteiger partial charge >= 0.3 is 0 Å². The average Bonchev–Trinajstić information content (AvgIpc) is 2.95. The summed E-state index contributed by atoms with van der Waals surface area (Å²) >= 11 is 0. The molecular weight excluding hydrogens is 274 g/mol. The number of hydrogen-bond donors (Lipinski definition) is 1. The van der Waals surface area contributed by atoms with Gasteiger partial charge in [-0.2, -0.15) is 0 Å². The van der Waals surface area contributed by atoms with Crippen LogP contribution < -0.4 is 0 Å². The molecule has 0 unspecified atom stereocenters. The molecule has 1 aromatic heterocycles. The Labute approximate surface area is 131 Å². The number of rotatable bonds is 6. The van der Waals surface area contributed by atoms with Crippen LogP contribution in [-0.4, -0.2) is 33.1 Å². The number of aryl methyl sites for hydroxylation is 2. The Morgan fingerprint density at radius 3 is 2.95 bits per heavy atom. The van der Waals surface area contributed by atoms with Crippen molar-refractivity contribution in [2.24, 2.45) is 0 Å². The van der Waals surface area contributed by atoms with E-state index in [0.717, 1.165) is 43.9 Å². The largest absolute Gasteiger partial charge is 0.396 e. The van der Waals surface area contributed by atoms with Gasteiger partial charge in [0, 0.05) is 31.1 Å². The van der Waals surface area contributed by atoms with Crippen molar-refractivity contribution in [3.05, 3.63) is 59.2 Å². The molecule has 0 aliphatic heterocycles. The van der Waals surface area contributed by atoms with Crippen LogP contribution in [0.5, 0.6) is 0 Å². The highest BCUT2D eigenvalue weighted by Crippen LogP contribution is 2.36. The molecule has 1 aliphatic rings. The topological polar surface area (TPSA) is 49.2 Å². The number of fused-ring (bicyclic) bond motifs is 1. The van der Waals surface area contributed by atoms with Crippen molar-refractivity contribution in [2.45, 2.75) is 38.8 Å². The van der Waals surface area contributed by atoms with Gasteiger partial charge in [0.15, 0.2) is 0 Å². The fraction of sp³-hybridized carbons (Fsp3) is 0.444. The van der Waals surface area contributed by atoms with E-state index in [9.17, 15) is 5.11 Å². The summed E-state index contributed by atoms with van der Waals surface area (Å²) in [4.78, 5) is 11.3. The monoisotopic (exact) mass is 297 g/mol. The quantitative estimate of drug-likeness (QED) is 0.890. The molecular formula is C18H23N3O. The summed E-state index contributed by atoms with van der Waals surface area (Å²) in [7, 11) is 0. The van der Waals surface area contributed by atoms with Crippen LogP contribution in [0.1, 0.15) is 41.5 Å². The van der Waals surface area contributed by atoms with Crippen LogP contribution in [0.2, 0.25) is 0 Å². The van der Waals surface area contributed by atoms with Gasteiger partial charge in [0.1, 0.15) is 5.82 Å². The Hall–Kier alpha value is -1.78. The Morgan fingerprint density at radius 1 is 1.27 bits per heavy atom. The Morgan fingerprint density at radius 2 is 2.14 bits per heavy atom. The number of nitrogens with zero attached hydrogens (tertiary/aromatic N) is 3. The highest BCUT2D eigenvalue weighted by atomic mass is 16.3. The van der Waals surface area contributed by atoms with Crippen molar-refractivity contribution in [2.75, 3.05) is 13.2 Å². The second-order valence-corrected chi connectivity index (χ2v) is 5.92. The average molecular weight is 297 g/mol. The number of benzene rings is 1. The number of aliphatic hydroxyl groups is 1. The number of aromatic nitrogens is 2. The summed E-state index contributed by atoms with van der Waals surface area (Å²) in [6, 6.07) is 11.0. The minimum absolute atomic E-state index is 0.222. The van der Waals surface area contributed by atoms with Crippen LogP contribution in [0, 0.1) is 6.92 Å². The molecule has 1 N–H and O–H groups in total. The van der Waals surface area contributed by atoms with Gasteiger partial charge in [0.25, 0.3) is 0 Å². The van der Waals surface area contributed by atoms with E-state index in [4.69, 9.17) is 0 Å². The molecule has 0 amide bonds. The first kappa shape index (κ1) is 15.1. The lowest BCUT2D eigenvalue weighted by Crippen LogP contribution is -2.29. The van der Waals surface area contributed by atoms with Crippen LogP contribution in [-0.2, 0) is 13.0 Å². The predicted molar refractivity (Wildman–Crippen MR) is 86.4 cm³/mol. The third kappa shape index (κ3) is 3.34. The zero-order chi connectivity index (χ0) is 15.4. The molecule has 116 valence electrons. The van der Waals surface area contributed by atoms with Gasteiger partial charge in [-0.25, -0.2) is 9.97 Å². The van der Waals surface area contributed by atoms with Crippen LogP contribution in [0.3, 0.4) is 0 Å². The summed E-state index contributed by atoms with van der Waals surface area (Å²) in [5.41, 5.74) is 3.87. The highest BCUT2D eigenvalue weighted by molar-refractivity contribution is 5.34. The molecule has 0 bridgehead atoms. The molecule has 0 saturated heterocycles. The molecule has 4 heteroatoms. The molecule has 0 saturated carbocycles. The molecule has 0 fully saturated rings. The van der Waals surface area contributed by atoms with Crippen molar-refractivity contribution in [1.82, 2.24) is 14.9 Å². The molecule has 2 aromatic rings. The lowest BCUT2D eigenvalue weighted by molar-refractivity contribution is 0.162. The molecule has 1 aromatic carbocycles. The second kappa shape index (κ2) is 6.99. The van der Waals surface area contributed by atoms with Gasteiger partial charge in [-0.15, -0.1) is 0 Å². The van der Waals surface area contributed by atoms with Gasteiger partial charge in [0.2, 0.25) is 0 Å². The summed E-state index contributed by atoms with van der Waals surface area (Å²) in [6.45, 7) is 3.82. The third-order valence-corrected chi connectivity index (χ3v) is 4.33. The second-order valence-electron chi connectivity index (χ2n) is 5.92. The summed E-state index contributed by atoms with van der Waals surface area (Å²) in [6.07, 6.45) is 4.87. The normalized spacial score (nSPS) is 17.0. The maximum atomic E-state index is 9.21. The Bertz CT molecular complexity index is 629. The van der Waals surface area contributed by atoms with E-state index in [1.54, 1.807) is 0 Å². The van der Waals surface area contributed by atoms with Gasteiger partial charge in [-0.1, -0.05) is 24.3 Å². The number of aliphatic hydroxyl groups excluding tert-OH is 1. The zero-order valence-electron chi connectivity index (χ0n) is 13.1. The Kier molecular flexibility index (Phi) is 4.80. The van der Waals surface area contributed by atoms with Crippen LogP contribution in [0.15, 0.2) is 36.5 Å². The molecule has 0 radical (unpaired) electrons. The predicted octanol–water partition coefficient (Wildman–Crippen LogP) is 2.66. The van der Waals surface area contributed by atoms with E-state index in [-0.39, 0.29) is 6.61 Å². The highest BCUT2D eigenvalue weighted by Gasteiger charge is 2.27. The molecule has 3 rings (SSSR count). The maximum Gasteiger partial charge on any atom is 0.142 e. The van der Waals surface area contributed by atoms with Gasteiger partial charge in [0.05, 0.1) is 6.54 Å². The van der Waals surface area contributed by atoms with Crippen molar-refractivity contribution in [1.29, 1.82) is 0 Å². The Balaban J connectivity index is 1.81. The summed E-state index contributed by atoms with van der Waals surface area (Å²) in [5.74, 6) is 0.863. The standard InChI is InChI=1S/C18H23N3O/c1-14-9-10-19-18(20-14)13-21(11-4-12-22)17-8-7-15-5-2-3-6-16(15)17/h2-3,5-6,9-10,17,22H,4,7-8,11-13H2,1H3/t17-/m0/s1. The van der Waals surface area contributed by atoms with E-state index >= 15 is 0 Å². The number of hydrogen-bond acceptors (Lipinski definition) is 4. The lowest BCUT2D eigenvalue weighted by atomic mass is 10.1.